The van der Waals surface area contributed by atoms with E-state index in [4.69, 9.17) is 0 Å². The molecule has 1 aromatic carbocycles. The Balaban J connectivity index is 1.52. The number of aromatic nitrogens is 4. The van der Waals surface area contributed by atoms with Crippen molar-refractivity contribution in [1.82, 2.24) is 24.9 Å². The lowest BCUT2D eigenvalue weighted by Crippen LogP contribution is -2.72. The average molecular weight is 497 g/mol. The van der Waals surface area contributed by atoms with Crippen LogP contribution in [-0.2, 0) is 4.79 Å². The minimum absolute atomic E-state index is 0.253. The number of rotatable bonds is 5. The van der Waals surface area contributed by atoms with E-state index in [9.17, 15) is 14.4 Å². The molecule has 4 N–H and O–H groups in total. The highest BCUT2D eigenvalue weighted by atomic mass is 16.2. The fourth-order valence-corrected chi connectivity index (χ4v) is 5.02. The molecule has 0 atom stereocenters. The molecular formula is C26H24N8O3. The number of carbonyl (C=O) groups is 2. The van der Waals surface area contributed by atoms with Gasteiger partial charge in [-0.1, -0.05) is 12.6 Å². The number of aromatic amines is 1. The largest absolute Gasteiger partial charge is 0.346 e. The zero-order chi connectivity index (χ0) is 25.7. The van der Waals surface area contributed by atoms with Crippen molar-refractivity contribution in [2.45, 2.75) is 31.8 Å². The SMILES string of the molecule is C=CC(=O)Nc1cccc(N2n3c(c(C)cc(Nc4ncnc5[nH]ccc45)c3=O)C(=O)NC23CCC3)c1. The molecule has 4 heterocycles. The molecule has 1 aliphatic heterocycles. The van der Waals surface area contributed by atoms with Gasteiger partial charge in [-0.05, 0) is 68.2 Å². The van der Waals surface area contributed by atoms with Crippen LogP contribution in [0.2, 0.25) is 0 Å². The van der Waals surface area contributed by atoms with E-state index in [0.717, 1.165) is 11.8 Å². The molecule has 1 aliphatic carbocycles. The number of benzene rings is 1. The van der Waals surface area contributed by atoms with Crippen LogP contribution in [0.25, 0.3) is 11.0 Å². The molecule has 6 rings (SSSR count). The first-order valence-corrected chi connectivity index (χ1v) is 11.9. The summed E-state index contributed by atoms with van der Waals surface area (Å²) in [6.45, 7) is 5.29. The van der Waals surface area contributed by atoms with E-state index >= 15 is 0 Å². The van der Waals surface area contributed by atoms with Crippen LogP contribution in [0.4, 0.5) is 22.9 Å². The number of hydrogen-bond donors (Lipinski definition) is 4. The van der Waals surface area contributed by atoms with Gasteiger partial charge in [-0.2, -0.15) is 0 Å². The van der Waals surface area contributed by atoms with Gasteiger partial charge in [0.25, 0.3) is 11.5 Å². The van der Waals surface area contributed by atoms with E-state index in [0.29, 0.717) is 41.2 Å². The van der Waals surface area contributed by atoms with Gasteiger partial charge in [0.1, 0.15) is 34.8 Å². The molecule has 1 spiro atoms. The van der Waals surface area contributed by atoms with Crippen molar-refractivity contribution in [3.05, 3.63) is 83.2 Å². The van der Waals surface area contributed by atoms with E-state index < -0.39 is 11.2 Å². The van der Waals surface area contributed by atoms with E-state index in [1.807, 2.05) is 17.1 Å². The number of nitrogens with one attached hydrogen (secondary N) is 4. The van der Waals surface area contributed by atoms with Crippen LogP contribution < -0.4 is 26.5 Å². The number of aryl methyl sites for hydroxylation is 1. The number of carbonyl (C=O) groups excluding carboxylic acids is 2. The predicted molar refractivity (Wildman–Crippen MR) is 140 cm³/mol. The van der Waals surface area contributed by atoms with Crippen LogP contribution in [0.15, 0.2) is 66.4 Å². The topological polar surface area (TPSA) is 137 Å². The maximum atomic E-state index is 14.1. The number of nitrogens with zero attached hydrogens (tertiary/aromatic N) is 4. The summed E-state index contributed by atoms with van der Waals surface area (Å²) in [5, 5.41) is 11.6. The number of amides is 2. The van der Waals surface area contributed by atoms with Crippen LogP contribution >= 0.6 is 0 Å². The van der Waals surface area contributed by atoms with Gasteiger partial charge in [-0.15, -0.1) is 0 Å². The summed E-state index contributed by atoms with van der Waals surface area (Å²) in [7, 11) is 0. The van der Waals surface area contributed by atoms with E-state index in [2.05, 4.69) is 37.5 Å². The third kappa shape index (κ3) is 3.54. The smallest absolute Gasteiger partial charge is 0.293 e. The van der Waals surface area contributed by atoms with Gasteiger partial charge in [0.05, 0.1) is 11.1 Å². The summed E-state index contributed by atoms with van der Waals surface area (Å²) in [6, 6.07) is 10.7. The van der Waals surface area contributed by atoms with Crippen molar-refractivity contribution in [2.75, 3.05) is 15.6 Å². The van der Waals surface area contributed by atoms with Crippen molar-refractivity contribution in [3.8, 4) is 0 Å². The Morgan fingerprint density at radius 1 is 1.19 bits per heavy atom. The third-order valence-corrected chi connectivity index (χ3v) is 6.87. The van der Waals surface area contributed by atoms with Gasteiger partial charge >= 0.3 is 0 Å². The maximum absolute atomic E-state index is 14.1. The van der Waals surface area contributed by atoms with Gasteiger partial charge < -0.3 is 20.9 Å². The first-order valence-electron chi connectivity index (χ1n) is 11.9. The summed E-state index contributed by atoms with van der Waals surface area (Å²) in [5.41, 5.74) is 1.82. The zero-order valence-corrected chi connectivity index (χ0v) is 20.0. The Morgan fingerprint density at radius 2 is 2.03 bits per heavy atom. The van der Waals surface area contributed by atoms with E-state index in [1.165, 1.54) is 17.1 Å². The molecule has 37 heavy (non-hydrogen) atoms. The Bertz CT molecular complexity index is 1650. The standard InChI is InChI=1S/C26H24N8O3/c1-3-20(35)30-16-6-4-7-17(13-16)34-26(9-5-10-26)32-24(36)21-15(2)12-19(25(37)33(21)34)31-23-18-8-11-27-22(18)28-14-29-23/h3-4,6-8,11-14H,1,5,9-10H2,2H3,(H,30,35)(H,32,36)(H2,27,28,29,31). The second-order valence-corrected chi connectivity index (χ2v) is 9.19. The summed E-state index contributed by atoms with van der Waals surface area (Å²) >= 11 is 0. The molecule has 0 saturated heterocycles. The second-order valence-electron chi connectivity index (χ2n) is 9.19. The first-order chi connectivity index (χ1) is 17.9. The average Bonchev–Trinajstić information content (AvgIpc) is 3.35. The lowest BCUT2D eigenvalue weighted by atomic mass is 9.82. The van der Waals surface area contributed by atoms with E-state index in [-0.39, 0.29) is 23.2 Å². The first kappa shape index (κ1) is 22.5. The summed E-state index contributed by atoms with van der Waals surface area (Å²) in [5.74, 6) is -0.172. The summed E-state index contributed by atoms with van der Waals surface area (Å²) in [6.07, 6.45) is 6.59. The zero-order valence-electron chi connectivity index (χ0n) is 20.0. The van der Waals surface area contributed by atoms with Crippen LogP contribution in [-0.4, -0.2) is 37.1 Å². The Hall–Kier alpha value is -4.93. The summed E-state index contributed by atoms with van der Waals surface area (Å²) < 4.78 is 1.44. The molecular weight excluding hydrogens is 472 g/mol. The van der Waals surface area contributed by atoms with Gasteiger partial charge in [0, 0.05) is 11.9 Å². The molecule has 2 amide bonds. The maximum Gasteiger partial charge on any atom is 0.293 e. The van der Waals surface area contributed by atoms with Gasteiger partial charge in [-0.25, -0.2) is 14.6 Å². The van der Waals surface area contributed by atoms with E-state index in [1.54, 1.807) is 37.4 Å². The highest BCUT2D eigenvalue weighted by Crippen LogP contribution is 2.42. The Kier molecular flexibility index (Phi) is 5.07. The van der Waals surface area contributed by atoms with Gasteiger partial charge in [0.2, 0.25) is 5.91 Å². The molecule has 3 aromatic heterocycles. The van der Waals surface area contributed by atoms with Crippen molar-refractivity contribution in [2.24, 2.45) is 0 Å². The molecule has 2 aliphatic rings. The lowest BCUT2D eigenvalue weighted by molar-refractivity contribution is -0.111. The summed E-state index contributed by atoms with van der Waals surface area (Å²) in [4.78, 5) is 50.8. The van der Waals surface area contributed by atoms with Crippen LogP contribution in [0, 0.1) is 6.92 Å². The van der Waals surface area contributed by atoms with Gasteiger partial charge in [0.15, 0.2) is 0 Å². The van der Waals surface area contributed by atoms with Crippen LogP contribution in [0.5, 0.6) is 0 Å². The molecule has 11 heteroatoms. The highest BCUT2D eigenvalue weighted by Gasteiger charge is 2.50. The molecule has 11 nitrogen and oxygen atoms in total. The third-order valence-electron chi connectivity index (χ3n) is 6.87. The van der Waals surface area contributed by atoms with Crippen molar-refractivity contribution < 1.29 is 9.59 Å². The lowest BCUT2D eigenvalue weighted by Gasteiger charge is -2.54. The molecule has 4 aromatic rings. The Labute approximate surface area is 211 Å². The van der Waals surface area contributed by atoms with Crippen molar-refractivity contribution in [3.63, 3.8) is 0 Å². The highest BCUT2D eigenvalue weighted by molar-refractivity contribution is 5.99. The number of fused-ring (bicyclic) bond motifs is 2. The minimum Gasteiger partial charge on any atom is -0.346 e. The Morgan fingerprint density at radius 3 is 2.78 bits per heavy atom. The number of H-pyrrole nitrogens is 1. The predicted octanol–water partition coefficient (Wildman–Crippen LogP) is 3.19. The molecule has 186 valence electrons. The van der Waals surface area contributed by atoms with Crippen LogP contribution in [0.1, 0.15) is 35.3 Å². The normalized spacial score (nSPS) is 15.6. The number of pyridine rings is 1. The van der Waals surface area contributed by atoms with Crippen LogP contribution in [0.3, 0.4) is 0 Å². The molecule has 0 radical (unpaired) electrons. The number of hydrogen-bond acceptors (Lipinski definition) is 7. The second kappa shape index (κ2) is 8.33. The van der Waals surface area contributed by atoms with Gasteiger partial charge in [-0.3, -0.25) is 19.4 Å². The van der Waals surface area contributed by atoms with Crippen molar-refractivity contribution >= 4 is 45.7 Å². The molecule has 0 unspecified atom stereocenters. The minimum atomic E-state index is -0.761. The fourth-order valence-electron chi connectivity index (χ4n) is 5.02. The number of anilines is 4. The fraction of sp³-hybridized carbons (Fsp3) is 0.192. The molecule has 0 bridgehead atoms. The monoisotopic (exact) mass is 496 g/mol. The molecule has 1 saturated carbocycles. The van der Waals surface area contributed by atoms with Crippen molar-refractivity contribution in [1.29, 1.82) is 0 Å². The quantitative estimate of drug-likeness (QED) is 0.312. The molecule has 1 fully saturated rings.